The maximum Gasteiger partial charge on any atom is 0.325 e. The first-order chi connectivity index (χ1) is 14.9. The largest absolute Gasteiger partial charge is 0.439 e. The highest BCUT2D eigenvalue weighted by Gasteiger charge is 2.27. The summed E-state index contributed by atoms with van der Waals surface area (Å²) in [6.07, 6.45) is 5.17. The van der Waals surface area contributed by atoms with E-state index in [1.54, 1.807) is 25.3 Å². The molecule has 1 aliphatic rings. The second-order valence-corrected chi connectivity index (χ2v) is 8.32. The summed E-state index contributed by atoms with van der Waals surface area (Å²) in [5.41, 5.74) is 2.58. The van der Waals surface area contributed by atoms with Crippen LogP contribution < -0.4 is 15.4 Å². The van der Waals surface area contributed by atoms with Crippen molar-refractivity contribution in [2.75, 3.05) is 12.4 Å². The molecule has 1 aromatic heterocycles. The predicted molar refractivity (Wildman–Crippen MR) is 119 cm³/mol. The number of carbonyl (C=O) groups is 2. The van der Waals surface area contributed by atoms with Crippen molar-refractivity contribution in [1.82, 2.24) is 10.3 Å². The molecule has 1 aliphatic carbocycles. The van der Waals surface area contributed by atoms with Gasteiger partial charge >= 0.3 is 6.03 Å². The number of aryl methyl sites for hydroxylation is 1. The number of anilines is 1. The highest BCUT2D eigenvalue weighted by Crippen LogP contribution is 2.28. The molecule has 7 nitrogen and oxygen atoms in total. The van der Waals surface area contributed by atoms with E-state index in [0.717, 1.165) is 36.8 Å². The van der Waals surface area contributed by atoms with E-state index in [9.17, 15) is 9.59 Å². The summed E-state index contributed by atoms with van der Waals surface area (Å²) in [6, 6.07) is 8.63. The first-order valence-corrected chi connectivity index (χ1v) is 10.7. The van der Waals surface area contributed by atoms with E-state index in [1.807, 2.05) is 25.3 Å². The van der Waals surface area contributed by atoms with E-state index < -0.39 is 6.03 Å². The number of imide groups is 1. The van der Waals surface area contributed by atoms with Crippen molar-refractivity contribution in [1.29, 1.82) is 0 Å². The Morgan fingerprint density at radius 2 is 1.84 bits per heavy atom. The number of aromatic nitrogens is 1. The minimum Gasteiger partial charge on any atom is -0.439 e. The van der Waals surface area contributed by atoms with Crippen LogP contribution in [0.2, 0.25) is 0 Å². The number of nitrogens with one attached hydrogen (secondary N) is 2. The maximum atomic E-state index is 12.3. The zero-order chi connectivity index (χ0) is 22.4. The van der Waals surface area contributed by atoms with E-state index in [-0.39, 0.29) is 17.9 Å². The molecule has 0 radical (unpaired) electrons. The number of rotatable bonds is 6. The third-order valence-electron chi connectivity index (χ3n) is 5.69. The first-order valence-electron chi connectivity index (χ1n) is 10.7. The van der Waals surface area contributed by atoms with Gasteiger partial charge in [-0.25, -0.2) is 9.78 Å². The van der Waals surface area contributed by atoms with Gasteiger partial charge in [0.2, 0.25) is 11.8 Å². The lowest BCUT2D eigenvalue weighted by atomic mass is 9.87. The van der Waals surface area contributed by atoms with Crippen LogP contribution in [0.15, 0.2) is 36.5 Å². The molecule has 3 rings (SSSR count). The van der Waals surface area contributed by atoms with Gasteiger partial charge in [0.25, 0.3) is 0 Å². The molecular formula is C24H31N3O4. The Labute approximate surface area is 183 Å². The van der Waals surface area contributed by atoms with Crippen LogP contribution in [0.4, 0.5) is 10.5 Å². The van der Waals surface area contributed by atoms with Crippen LogP contribution in [0, 0.1) is 12.8 Å². The Hall–Kier alpha value is -2.93. The molecule has 1 saturated carbocycles. The van der Waals surface area contributed by atoms with Crippen molar-refractivity contribution in [2.45, 2.75) is 58.5 Å². The topological polar surface area (TPSA) is 89.5 Å². The molecule has 166 valence electrons. The third kappa shape index (κ3) is 6.28. The summed E-state index contributed by atoms with van der Waals surface area (Å²) in [5, 5.41) is 5.17. The van der Waals surface area contributed by atoms with E-state index in [4.69, 9.17) is 9.47 Å². The molecule has 1 fully saturated rings. The van der Waals surface area contributed by atoms with Crippen LogP contribution in [-0.4, -0.2) is 30.1 Å². The molecule has 1 aromatic carbocycles. The van der Waals surface area contributed by atoms with Crippen LogP contribution in [-0.2, 0) is 9.53 Å². The Morgan fingerprint density at radius 3 is 2.42 bits per heavy atom. The summed E-state index contributed by atoms with van der Waals surface area (Å²) in [5.74, 6) is 1.19. The van der Waals surface area contributed by atoms with Crippen LogP contribution >= 0.6 is 0 Å². The van der Waals surface area contributed by atoms with Crippen LogP contribution in [0.3, 0.4) is 0 Å². The Balaban J connectivity index is 1.53. The van der Waals surface area contributed by atoms with Crippen LogP contribution in [0.25, 0.3) is 0 Å². The smallest absolute Gasteiger partial charge is 0.325 e. The predicted octanol–water partition coefficient (Wildman–Crippen LogP) is 5.16. The fourth-order valence-electron chi connectivity index (χ4n) is 3.68. The van der Waals surface area contributed by atoms with Gasteiger partial charge in [0.15, 0.2) is 0 Å². The van der Waals surface area contributed by atoms with Gasteiger partial charge < -0.3 is 14.8 Å². The van der Waals surface area contributed by atoms with Crippen molar-refractivity contribution in [3.05, 3.63) is 47.7 Å². The number of pyridine rings is 1. The molecule has 31 heavy (non-hydrogen) atoms. The van der Waals surface area contributed by atoms with Gasteiger partial charge in [0.1, 0.15) is 5.75 Å². The number of carbonyl (C=O) groups excluding carboxylic acids is 2. The standard InChI is InChI=1S/C24H31N3O4/c1-15(2)18-7-12-22(25-14-18)31-21-11-8-19(13-16(21)3)26-24(29)27-23(28)17-5-9-20(30-4)10-6-17/h7-8,11-15,17,20H,5-6,9-10H2,1-4H3,(H2,26,27,28,29). The van der Waals surface area contributed by atoms with Crippen molar-refractivity contribution in [3.8, 4) is 11.6 Å². The third-order valence-corrected chi connectivity index (χ3v) is 5.69. The second kappa shape index (κ2) is 10.4. The quantitative estimate of drug-likeness (QED) is 0.667. The molecule has 0 bridgehead atoms. The van der Waals surface area contributed by atoms with Gasteiger partial charge in [0.05, 0.1) is 6.10 Å². The fraction of sp³-hybridized carbons (Fsp3) is 0.458. The summed E-state index contributed by atoms with van der Waals surface area (Å²) < 4.78 is 11.2. The fourth-order valence-corrected chi connectivity index (χ4v) is 3.68. The molecule has 1 heterocycles. The van der Waals surface area contributed by atoms with Crippen LogP contribution in [0.5, 0.6) is 11.6 Å². The van der Waals surface area contributed by atoms with Crippen LogP contribution in [0.1, 0.15) is 56.6 Å². The Kier molecular flexibility index (Phi) is 7.63. The number of amides is 3. The van der Waals surface area contributed by atoms with Gasteiger partial charge in [-0.3, -0.25) is 10.1 Å². The van der Waals surface area contributed by atoms with E-state index in [0.29, 0.717) is 23.2 Å². The highest BCUT2D eigenvalue weighted by atomic mass is 16.5. The molecule has 2 N–H and O–H groups in total. The summed E-state index contributed by atoms with van der Waals surface area (Å²) in [7, 11) is 1.69. The van der Waals surface area contributed by atoms with Gasteiger partial charge in [0, 0.05) is 31.0 Å². The lowest BCUT2D eigenvalue weighted by molar-refractivity contribution is -0.125. The normalized spacial score (nSPS) is 18.5. The molecule has 0 aliphatic heterocycles. The molecule has 2 aromatic rings. The van der Waals surface area contributed by atoms with Gasteiger partial charge in [-0.2, -0.15) is 0 Å². The monoisotopic (exact) mass is 425 g/mol. The number of urea groups is 1. The Bertz CT molecular complexity index is 904. The van der Waals surface area contributed by atoms with Crippen molar-refractivity contribution in [2.24, 2.45) is 5.92 Å². The molecule has 7 heteroatoms. The summed E-state index contributed by atoms with van der Waals surface area (Å²) in [6.45, 7) is 6.12. The van der Waals surface area contributed by atoms with Gasteiger partial charge in [-0.05, 0) is 67.9 Å². The number of hydrogen-bond donors (Lipinski definition) is 2. The zero-order valence-electron chi connectivity index (χ0n) is 18.6. The van der Waals surface area contributed by atoms with Crippen molar-refractivity contribution in [3.63, 3.8) is 0 Å². The average Bonchev–Trinajstić information content (AvgIpc) is 2.76. The number of benzene rings is 1. The molecule has 0 saturated heterocycles. The SMILES string of the molecule is COC1CCC(C(=O)NC(=O)Nc2ccc(Oc3ccc(C(C)C)cn3)c(C)c2)CC1. The highest BCUT2D eigenvalue weighted by molar-refractivity contribution is 6.01. The van der Waals surface area contributed by atoms with E-state index >= 15 is 0 Å². The Morgan fingerprint density at radius 1 is 1.10 bits per heavy atom. The zero-order valence-corrected chi connectivity index (χ0v) is 18.6. The number of hydrogen-bond acceptors (Lipinski definition) is 5. The minimum absolute atomic E-state index is 0.149. The molecular weight excluding hydrogens is 394 g/mol. The summed E-state index contributed by atoms with van der Waals surface area (Å²) in [4.78, 5) is 28.9. The van der Waals surface area contributed by atoms with Gasteiger partial charge in [-0.1, -0.05) is 19.9 Å². The lowest BCUT2D eigenvalue weighted by Crippen LogP contribution is -2.40. The van der Waals surface area contributed by atoms with Crippen molar-refractivity contribution >= 4 is 17.6 Å². The number of methoxy groups -OCH3 is 1. The molecule has 3 amide bonds. The molecule has 0 unspecified atom stereocenters. The number of ether oxygens (including phenoxy) is 2. The molecule has 0 spiro atoms. The minimum atomic E-state index is -0.530. The molecule has 0 atom stereocenters. The summed E-state index contributed by atoms with van der Waals surface area (Å²) >= 11 is 0. The number of nitrogens with zero attached hydrogens (tertiary/aromatic N) is 1. The second-order valence-electron chi connectivity index (χ2n) is 8.32. The van der Waals surface area contributed by atoms with E-state index in [1.165, 1.54) is 0 Å². The van der Waals surface area contributed by atoms with Gasteiger partial charge in [-0.15, -0.1) is 0 Å². The lowest BCUT2D eigenvalue weighted by Gasteiger charge is -2.26. The van der Waals surface area contributed by atoms with Crippen molar-refractivity contribution < 1.29 is 19.1 Å². The maximum absolute atomic E-state index is 12.3. The average molecular weight is 426 g/mol. The van der Waals surface area contributed by atoms with E-state index in [2.05, 4.69) is 29.5 Å². The first kappa shape index (κ1) is 22.7.